The molecular formula is C19H18Cl2N2O3. The highest BCUT2D eigenvalue weighted by Gasteiger charge is 2.25. The van der Waals surface area contributed by atoms with Crippen LogP contribution in [0, 0.1) is 0 Å². The number of amides is 2. The Kier molecular flexibility index (Phi) is 6.01. The van der Waals surface area contributed by atoms with E-state index in [9.17, 15) is 9.59 Å². The van der Waals surface area contributed by atoms with E-state index in [2.05, 4.69) is 0 Å². The molecule has 136 valence electrons. The summed E-state index contributed by atoms with van der Waals surface area (Å²) in [5, 5.41) is 1.21. The van der Waals surface area contributed by atoms with Gasteiger partial charge in [0.2, 0.25) is 0 Å². The number of ether oxygens (including phenoxy) is 1. The summed E-state index contributed by atoms with van der Waals surface area (Å²) >= 11 is 11.7. The van der Waals surface area contributed by atoms with Crippen LogP contribution >= 0.6 is 23.2 Å². The average Bonchev–Trinajstić information content (AvgIpc) is 2.67. The molecule has 0 unspecified atom stereocenters. The molecular weight excluding hydrogens is 375 g/mol. The molecule has 1 fully saturated rings. The van der Waals surface area contributed by atoms with Crippen LogP contribution in [0.5, 0.6) is 5.75 Å². The maximum absolute atomic E-state index is 12.5. The number of halogens is 2. The van der Waals surface area contributed by atoms with Gasteiger partial charge in [0.05, 0.1) is 0 Å². The van der Waals surface area contributed by atoms with Gasteiger partial charge < -0.3 is 14.5 Å². The second kappa shape index (κ2) is 8.43. The van der Waals surface area contributed by atoms with E-state index < -0.39 is 0 Å². The van der Waals surface area contributed by atoms with Crippen LogP contribution in [-0.4, -0.2) is 54.4 Å². The van der Waals surface area contributed by atoms with Crippen molar-refractivity contribution in [3.8, 4) is 5.75 Å². The standard InChI is InChI=1S/C19H18Cl2N2O3/c20-15-3-1-14(2-4-15)19(25)23-11-9-22(10-12-23)18(24)13-26-17-7-5-16(21)6-8-17/h1-8H,9-13H2. The van der Waals surface area contributed by atoms with Crippen molar-refractivity contribution in [3.63, 3.8) is 0 Å². The quantitative estimate of drug-likeness (QED) is 0.801. The van der Waals surface area contributed by atoms with Crippen LogP contribution in [0.4, 0.5) is 0 Å². The molecule has 2 aromatic carbocycles. The molecule has 0 spiro atoms. The molecule has 3 rings (SSSR count). The van der Waals surface area contributed by atoms with Gasteiger partial charge in [0.25, 0.3) is 11.8 Å². The van der Waals surface area contributed by atoms with Crippen molar-refractivity contribution in [1.82, 2.24) is 9.80 Å². The van der Waals surface area contributed by atoms with Gasteiger partial charge in [-0.05, 0) is 48.5 Å². The second-order valence-electron chi connectivity index (χ2n) is 5.92. The second-order valence-corrected chi connectivity index (χ2v) is 6.80. The lowest BCUT2D eigenvalue weighted by atomic mass is 10.2. The number of piperazine rings is 1. The predicted molar refractivity (Wildman–Crippen MR) is 101 cm³/mol. The third-order valence-electron chi connectivity index (χ3n) is 4.19. The van der Waals surface area contributed by atoms with Crippen molar-refractivity contribution in [2.75, 3.05) is 32.8 Å². The highest BCUT2D eigenvalue weighted by molar-refractivity contribution is 6.30. The predicted octanol–water partition coefficient (Wildman–Crippen LogP) is 3.36. The molecule has 1 aliphatic heterocycles. The molecule has 1 aliphatic rings. The molecule has 0 aliphatic carbocycles. The molecule has 0 radical (unpaired) electrons. The van der Waals surface area contributed by atoms with E-state index in [0.29, 0.717) is 47.5 Å². The number of nitrogens with zero attached hydrogens (tertiary/aromatic N) is 2. The van der Waals surface area contributed by atoms with Gasteiger partial charge in [-0.1, -0.05) is 23.2 Å². The van der Waals surface area contributed by atoms with E-state index >= 15 is 0 Å². The Bertz CT molecular complexity index is 770. The van der Waals surface area contributed by atoms with Gasteiger partial charge in [-0.25, -0.2) is 0 Å². The fraction of sp³-hybridized carbons (Fsp3) is 0.263. The SMILES string of the molecule is O=C(COc1ccc(Cl)cc1)N1CCN(C(=O)c2ccc(Cl)cc2)CC1. The lowest BCUT2D eigenvalue weighted by Gasteiger charge is -2.34. The average molecular weight is 393 g/mol. The van der Waals surface area contributed by atoms with Crippen molar-refractivity contribution in [2.45, 2.75) is 0 Å². The lowest BCUT2D eigenvalue weighted by Crippen LogP contribution is -2.51. The number of rotatable bonds is 4. The third-order valence-corrected chi connectivity index (χ3v) is 4.69. The minimum absolute atomic E-state index is 0.0350. The normalized spacial score (nSPS) is 14.2. The smallest absolute Gasteiger partial charge is 0.260 e. The topological polar surface area (TPSA) is 49.9 Å². The fourth-order valence-electron chi connectivity index (χ4n) is 2.70. The van der Waals surface area contributed by atoms with Crippen LogP contribution in [-0.2, 0) is 4.79 Å². The summed E-state index contributed by atoms with van der Waals surface area (Å²) in [6, 6.07) is 13.7. The maximum atomic E-state index is 12.5. The lowest BCUT2D eigenvalue weighted by molar-refractivity contribution is -0.134. The van der Waals surface area contributed by atoms with Gasteiger partial charge in [-0.2, -0.15) is 0 Å². The Balaban J connectivity index is 1.48. The highest BCUT2D eigenvalue weighted by Crippen LogP contribution is 2.16. The monoisotopic (exact) mass is 392 g/mol. The summed E-state index contributed by atoms with van der Waals surface area (Å²) in [6.07, 6.45) is 0. The number of carbonyl (C=O) groups excluding carboxylic acids is 2. The summed E-state index contributed by atoms with van der Waals surface area (Å²) in [5.41, 5.74) is 0.597. The van der Waals surface area contributed by atoms with Crippen molar-refractivity contribution >= 4 is 35.0 Å². The number of hydrogen-bond acceptors (Lipinski definition) is 3. The summed E-state index contributed by atoms with van der Waals surface area (Å²) in [5.74, 6) is 0.448. The molecule has 0 bridgehead atoms. The first-order valence-corrected chi connectivity index (χ1v) is 8.99. The van der Waals surface area contributed by atoms with E-state index in [4.69, 9.17) is 27.9 Å². The van der Waals surface area contributed by atoms with Crippen LogP contribution in [0.1, 0.15) is 10.4 Å². The Morgan fingerprint density at radius 1 is 0.808 bits per heavy atom. The first-order chi connectivity index (χ1) is 12.5. The Hall–Kier alpha value is -2.24. The van der Waals surface area contributed by atoms with E-state index in [1.165, 1.54) is 0 Å². The highest BCUT2D eigenvalue weighted by atomic mass is 35.5. The Morgan fingerprint density at radius 3 is 1.88 bits per heavy atom. The zero-order valence-electron chi connectivity index (χ0n) is 14.0. The van der Waals surface area contributed by atoms with E-state index in [1.54, 1.807) is 58.3 Å². The molecule has 2 amide bonds. The molecule has 1 saturated heterocycles. The van der Waals surface area contributed by atoms with Crippen molar-refractivity contribution in [2.24, 2.45) is 0 Å². The number of hydrogen-bond donors (Lipinski definition) is 0. The molecule has 7 heteroatoms. The molecule has 26 heavy (non-hydrogen) atoms. The van der Waals surface area contributed by atoms with Crippen molar-refractivity contribution in [3.05, 3.63) is 64.1 Å². The van der Waals surface area contributed by atoms with Crippen LogP contribution in [0.15, 0.2) is 48.5 Å². The molecule has 0 atom stereocenters. The van der Waals surface area contributed by atoms with E-state index in [-0.39, 0.29) is 18.4 Å². The maximum Gasteiger partial charge on any atom is 0.260 e. The molecule has 1 heterocycles. The molecule has 2 aromatic rings. The van der Waals surface area contributed by atoms with E-state index in [1.807, 2.05) is 0 Å². The third kappa shape index (κ3) is 4.68. The Morgan fingerprint density at radius 2 is 1.31 bits per heavy atom. The van der Waals surface area contributed by atoms with E-state index in [0.717, 1.165) is 0 Å². The van der Waals surface area contributed by atoms with Crippen LogP contribution in [0.3, 0.4) is 0 Å². The Labute approximate surface area is 162 Å². The van der Waals surface area contributed by atoms with Gasteiger partial charge in [0.15, 0.2) is 6.61 Å². The summed E-state index contributed by atoms with van der Waals surface area (Å²) < 4.78 is 5.49. The van der Waals surface area contributed by atoms with Gasteiger partial charge >= 0.3 is 0 Å². The van der Waals surface area contributed by atoms with Crippen molar-refractivity contribution in [1.29, 1.82) is 0 Å². The molecule has 5 nitrogen and oxygen atoms in total. The van der Waals surface area contributed by atoms with Gasteiger partial charge in [0, 0.05) is 41.8 Å². The zero-order valence-corrected chi connectivity index (χ0v) is 15.5. The fourth-order valence-corrected chi connectivity index (χ4v) is 2.95. The minimum Gasteiger partial charge on any atom is -0.484 e. The van der Waals surface area contributed by atoms with Gasteiger partial charge in [-0.15, -0.1) is 0 Å². The van der Waals surface area contributed by atoms with Crippen LogP contribution in [0.25, 0.3) is 0 Å². The minimum atomic E-state index is -0.0986. The first kappa shape index (κ1) is 18.5. The van der Waals surface area contributed by atoms with Gasteiger partial charge in [0.1, 0.15) is 5.75 Å². The number of carbonyl (C=O) groups is 2. The van der Waals surface area contributed by atoms with Gasteiger partial charge in [-0.3, -0.25) is 9.59 Å². The van der Waals surface area contributed by atoms with Crippen LogP contribution < -0.4 is 4.74 Å². The molecule has 0 aromatic heterocycles. The van der Waals surface area contributed by atoms with Crippen LogP contribution in [0.2, 0.25) is 10.0 Å². The zero-order chi connectivity index (χ0) is 18.5. The summed E-state index contributed by atoms with van der Waals surface area (Å²) in [4.78, 5) is 28.2. The number of benzene rings is 2. The molecule has 0 saturated carbocycles. The largest absolute Gasteiger partial charge is 0.484 e. The van der Waals surface area contributed by atoms with Crippen molar-refractivity contribution < 1.29 is 14.3 Å². The summed E-state index contributed by atoms with van der Waals surface area (Å²) in [6.45, 7) is 1.93. The summed E-state index contributed by atoms with van der Waals surface area (Å²) in [7, 11) is 0. The first-order valence-electron chi connectivity index (χ1n) is 8.24. The molecule has 0 N–H and O–H groups in total.